The standard InChI is InChI=1S/C8H15NO/c1-8(5-10-6-8)4-9-7-2-3-7/h7,9H,2-6H2,1H3. The second-order valence-electron chi connectivity index (χ2n) is 3.96. The lowest BCUT2D eigenvalue weighted by Crippen LogP contribution is -2.47. The van der Waals surface area contributed by atoms with Crippen LogP contribution in [-0.4, -0.2) is 25.8 Å². The Hall–Kier alpha value is -0.0800. The highest BCUT2D eigenvalue weighted by Gasteiger charge is 2.34. The molecule has 1 saturated carbocycles. The molecule has 0 aromatic heterocycles. The van der Waals surface area contributed by atoms with E-state index in [4.69, 9.17) is 4.74 Å². The Labute approximate surface area is 61.9 Å². The first-order valence-corrected chi connectivity index (χ1v) is 4.10. The van der Waals surface area contributed by atoms with Crippen LogP contribution in [0.4, 0.5) is 0 Å². The van der Waals surface area contributed by atoms with Gasteiger partial charge in [-0.1, -0.05) is 6.92 Å². The van der Waals surface area contributed by atoms with Gasteiger partial charge in [0.05, 0.1) is 13.2 Å². The van der Waals surface area contributed by atoms with Crippen molar-refractivity contribution in [2.24, 2.45) is 5.41 Å². The average Bonchev–Trinajstić information content (AvgIpc) is 2.61. The van der Waals surface area contributed by atoms with Gasteiger partial charge in [0.1, 0.15) is 0 Å². The van der Waals surface area contributed by atoms with E-state index in [0.717, 1.165) is 25.8 Å². The van der Waals surface area contributed by atoms with Crippen molar-refractivity contribution >= 4 is 0 Å². The zero-order valence-corrected chi connectivity index (χ0v) is 6.52. The largest absolute Gasteiger partial charge is 0.380 e. The van der Waals surface area contributed by atoms with Crippen LogP contribution < -0.4 is 5.32 Å². The molecule has 0 atom stereocenters. The fourth-order valence-electron chi connectivity index (χ4n) is 1.23. The molecule has 2 aliphatic rings. The van der Waals surface area contributed by atoms with Crippen molar-refractivity contribution in [1.82, 2.24) is 5.32 Å². The fraction of sp³-hybridized carbons (Fsp3) is 1.00. The van der Waals surface area contributed by atoms with Gasteiger partial charge in [0.25, 0.3) is 0 Å². The number of hydrogen-bond donors (Lipinski definition) is 1. The molecule has 0 spiro atoms. The normalized spacial score (nSPS) is 29.7. The van der Waals surface area contributed by atoms with Gasteiger partial charge in [-0.15, -0.1) is 0 Å². The summed E-state index contributed by atoms with van der Waals surface area (Å²) < 4.78 is 5.15. The van der Waals surface area contributed by atoms with E-state index in [1.165, 1.54) is 12.8 Å². The summed E-state index contributed by atoms with van der Waals surface area (Å²) in [7, 11) is 0. The Bertz CT molecular complexity index is 127. The molecule has 10 heavy (non-hydrogen) atoms. The zero-order chi connectivity index (χ0) is 7.03. The summed E-state index contributed by atoms with van der Waals surface area (Å²) in [6.45, 7) is 5.34. The molecule has 1 aliphatic heterocycles. The third-order valence-electron chi connectivity index (χ3n) is 2.30. The molecule has 0 aromatic carbocycles. The summed E-state index contributed by atoms with van der Waals surface area (Å²) >= 11 is 0. The van der Waals surface area contributed by atoms with Crippen LogP contribution in [0.5, 0.6) is 0 Å². The molecule has 2 heteroatoms. The van der Waals surface area contributed by atoms with Crippen molar-refractivity contribution in [3.8, 4) is 0 Å². The van der Waals surface area contributed by atoms with Gasteiger partial charge in [-0.25, -0.2) is 0 Å². The predicted molar refractivity (Wildman–Crippen MR) is 40.0 cm³/mol. The van der Waals surface area contributed by atoms with Gasteiger partial charge in [-0.2, -0.15) is 0 Å². The maximum absolute atomic E-state index is 5.15. The summed E-state index contributed by atoms with van der Waals surface area (Å²) in [6.07, 6.45) is 2.77. The van der Waals surface area contributed by atoms with Crippen molar-refractivity contribution in [3.63, 3.8) is 0 Å². The van der Waals surface area contributed by atoms with Crippen molar-refractivity contribution in [2.45, 2.75) is 25.8 Å². The van der Waals surface area contributed by atoms with E-state index >= 15 is 0 Å². The molecule has 0 amide bonds. The number of hydrogen-bond acceptors (Lipinski definition) is 2. The minimum absolute atomic E-state index is 0.461. The second kappa shape index (κ2) is 2.21. The van der Waals surface area contributed by atoms with E-state index in [1.54, 1.807) is 0 Å². The highest BCUT2D eigenvalue weighted by Crippen LogP contribution is 2.27. The summed E-state index contributed by atoms with van der Waals surface area (Å²) in [5.41, 5.74) is 0.461. The van der Waals surface area contributed by atoms with Gasteiger partial charge in [0.15, 0.2) is 0 Å². The summed E-state index contributed by atoms with van der Waals surface area (Å²) in [5, 5.41) is 3.52. The molecular formula is C8H15NO. The molecule has 58 valence electrons. The Morgan fingerprint density at radius 3 is 2.60 bits per heavy atom. The molecule has 1 aliphatic carbocycles. The molecule has 2 fully saturated rings. The Kier molecular flexibility index (Phi) is 1.46. The highest BCUT2D eigenvalue weighted by molar-refractivity contribution is 4.88. The van der Waals surface area contributed by atoms with Gasteiger partial charge in [0, 0.05) is 18.0 Å². The molecule has 0 radical (unpaired) electrons. The third-order valence-corrected chi connectivity index (χ3v) is 2.30. The topological polar surface area (TPSA) is 21.3 Å². The molecule has 0 bridgehead atoms. The molecule has 1 heterocycles. The predicted octanol–water partition coefficient (Wildman–Crippen LogP) is 0.775. The lowest BCUT2D eigenvalue weighted by Gasteiger charge is -2.38. The number of rotatable bonds is 3. The molecule has 2 rings (SSSR count). The maximum atomic E-state index is 5.15. The van der Waals surface area contributed by atoms with Crippen LogP contribution in [0, 0.1) is 5.41 Å². The van der Waals surface area contributed by atoms with Crippen molar-refractivity contribution < 1.29 is 4.74 Å². The number of nitrogens with one attached hydrogen (secondary N) is 1. The first-order chi connectivity index (χ1) is 4.79. The molecule has 2 nitrogen and oxygen atoms in total. The van der Waals surface area contributed by atoms with Crippen molar-refractivity contribution in [3.05, 3.63) is 0 Å². The van der Waals surface area contributed by atoms with Crippen molar-refractivity contribution in [1.29, 1.82) is 0 Å². The van der Waals surface area contributed by atoms with Crippen LogP contribution in [0.25, 0.3) is 0 Å². The summed E-state index contributed by atoms with van der Waals surface area (Å²) in [5.74, 6) is 0. The van der Waals surface area contributed by atoms with E-state index in [2.05, 4.69) is 12.2 Å². The smallest absolute Gasteiger partial charge is 0.0554 e. The van der Waals surface area contributed by atoms with Crippen LogP contribution in [0.3, 0.4) is 0 Å². The molecule has 0 aromatic rings. The Balaban J connectivity index is 1.67. The van der Waals surface area contributed by atoms with Crippen LogP contribution in [0.1, 0.15) is 19.8 Å². The first kappa shape index (κ1) is 6.62. The lowest BCUT2D eigenvalue weighted by molar-refractivity contribution is -0.0991. The molecular weight excluding hydrogens is 126 g/mol. The zero-order valence-electron chi connectivity index (χ0n) is 6.52. The third kappa shape index (κ3) is 1.32. The quantitative estimate of drug-likeness (QED) is 0.627. The first-order valence-electron chi connectivity index (χ1n) is 4.10. The minimum atomic E-state index is 0.461. The number of ether oxygens (including phenoxy) is 1. The maximum Gasteiger partial charge on any atom is 0.0554 e. The van der Waals surface area contributed by atoms with E-state index in [1.807, 2.05) is 0 Å². The van der Waals surface area contributed by atoms with Crippen LogP contribution in [-0.2, 0) is 4.74 Å². The van der Waals surface area contributed by atoms with E-state index in [-0.39, 0.29) is 0 Å². The van der Waals surface area contributed by atoms with Gasteiger partial charge in [-0.05, 0) is 12.8 Å². The van der Waals surface area contributed by atoms with Gasteiger partial charge in [0.2, 0.25) is 0 Å². The lowest BCUT2D eigenvalue weighted by atomic mass is 9.89. The molecule has 0 unspecified atom stereocenters. The van der Waals surface area contributed by atoms with Gasteiger partial charge in [-0.3, -0.25) is 0 Å². The van der Waals surface area contributed by atoms with E-state index in [0.29, 0.717) is 5.41 Å². The van der Waals surface area contributed by atoms with E-state index in [9.17, 15) is 0 Å². The molecule has 1 N–H and O–H groups in total. The highest BCUT2D eigenvalue weighted by atomic mass is 16.5. The van der Waals surface area contributed by atoms with Gasteiger partial charge < -0.3 is 10.1 Å². The summed E-state index contributed by atoms with van der Waals surface area (Å²) in [4.78, 5) is 0. The van der Waals surface area contributed by atoms with Crippen LogP contribution in [0.2, 0.25) is 0 Å². The minimum Gasteiger partial charge on any atom is -0.380 e. The van der Waals surface area contributed by atoms with Gasteiger partial charge >= 0.3 is 0 Å². The summed E-state index contributed by atoms with van der Waals surface area (Å²) in [6, 6.07) is 0.845. The Morgan fingerprint density at radius 1 is 1.50 bits per heavy atom. The monoisotopic (exact) mass is 141 g/mol. The second-order valence-corrected chi connectivity index (χ2v) is 3.96. The molecule has 1 saturated heterocycles. The van der Waals surface area contributed by atoms with E-state index < -0.39 is 0 Å². The van der Waals surface area contributed by atoms with Crippen LogP contribution >= 0.6 is 0 Å². The fourth-order valence-corrected chi connectivity index (χ4v) is 1.23. The SMILES string of the molecule is CC1(CNC2CC2)COC1. The van der Waals surface area contributed by atoms with Crippen LogP contribution in [0.15, 0.2) is 0 Å². The Morgan fingerprint density at radius 2 is 2.20 bits per heavy atom. The van der Waals surface area contributed by atoms with Crippen molar-refractivity contribution in [2.75, 3.05) is 19.8 Å². The average molecular weight is 141 g/mol.